The van der Waals surface area contributed by atoms with Crippen LogP contribution in [0.5, 0.6) is 0 Å². The number of carboxylic acids is 1. The average Bonchev–Trinajstić information content (AvgIpc) is 2.61. The first kappa shape index (κ1) is 14.4. The topological polar surface area (TPSA) is 42.2 Å². The molecule has 0 radical (unpaired) electrons. The number of hydrogen-bond acceptors (Lipinski definition) is 1. The van der Waals surface area contributed by atoms with E-state index in [1.54, 1.807) is 0 Å². The number of carbonyl (C=O) groups is 1. The van der Waals surface area contributed by atoms with Gasteiger partial charge in [0.15, 0.2) is 0 Å². The van der Waals surface area contributed by atoms with Gasteiger partial charge in [-0.1, -0.05) is 0 Å². The van der Waals surface area contributed by atoms with Gasteiger partial charge in [0.05, 0.1) is 12.3 Å². The molecular formula is C13H11F4NO2. The highest BCUT2D eigenvalue weighted by atomic mass is 19.4. The minimum Gasteiger partial charge on any atom is -0.481 e. The zero-order valence-corrected chi connectivity index (χ0v) is 10.4. The van der Waals surface area contributed by atoms with Gasteiger partial charge in [0.25, 0.3) is 0 Å². The second-order valence-corrected chi connectivity index (χ2v) is 4.55. The van der Waals surface area contributed by atoms with E-state index in [1.165, 1.54) is 23.9 Å². The van der Waals surface area contributed by atoms with Crippen LogP contribution in [0.4, 0.5) is 17.6 Å². The van der Waals surface area contributed by atoms with Crippen molar-refractivity contribution in [3.63, 3.8) is 0 Å². The van der Waals surface area contributed by atoms with Crippen LogP contribution in [-0.4, -0.2) is 21.8 Å². The van der Waals surface area contributed by atoms with Gasteiger partial charge in [-0.2, -0.15) is 13.2 Å². The van der Waals surface area contributed by atoms with Crippen molar-refractivity contribution in [3.05, 3.63) is 35.8 Å². The monoisotopic (exact) mass is 289 g/mol. The maximum Gasteiger partial charge on any atom is 0.396 e. The minimum atomic E-state index is -4.71. The van der Waals surface area contributed by atoms with E-state index < -0.39 is 30.3 Å². The molecule has 0 saturated carbocycles. The fraction of sp³-hybridized carbons (Fsp3) is 0.308. The Bertz CT molecular complexity index is 660. The maximum atomic E-state index is 13.2. The van der Waals surface area contributed by atoms with Crippen LogP contribution in [0.3, 0.4) is 0 Å². The molecule has 0 aliphatic rings. The van der Waals surface area contributed by atoms with Crippen molar-refractivity contribution in [2.24, 2.45) is 7.05 Å². The van der Waals surface area contributed by atoms with Crippen molar-refractivity contribution >= 4 is 16.9 Å². The molecule has 0 amide bonds. The van der Waals surface area contributed by atoms with Crippen molar-refractivity contribution in [1.29, 1.82) is 0 Å². The van der Waals surface area contributed by atoms with Gasteiger partial charge >= 0.3 is 12.1 Å². The van der Waals surface area contributed by atoms with E-state index in [0.29, 0.717) is 5.52 Å². The summed E-state index contributed by atoms with van der Waals surface area (Å²) in [5.41, 5.74) is 0.193. The summed E-state index contributed by atoms with van der Waals surface area (Å²) in [7, 11) is 1.53. The average molecular weight is 289 g/mol. The summed E-state index contributed by atoms with van der Waals surface area (Å²) in [4.78, 5) is 10.7. The molecule has 108 valence electrons. The van der Waals surface area contributed by atoms with E-state index in [9.17, 15) is 22.4 Å². The molecule has 1 aromatic carbocycles. The van der Waals surface area contributed by atoms with Crippen LogP contribution in [0.2, 0.25) is 0 Å². The number of aromatic nitrogens is 1. The van der Waals surface area contributed by atoms with Crippen LogP contribution in [0.25, 0.3) is 10.9 Å². The third-order valence-electron chi connectivity index (χ3n) is 3.13. The second kappa shape index (κ2) is 4.81. The minimum absolute atomic E-state index is 0.0797. The number of fused-ring (bicyclic) bond motifs is 1. The summed E-state index contributed by atoms with van der Waals surface area (Å²) in [6.45, 7) is 0. The van der Waals surface area contributed by atoms with Crippen LogP contribution < -0.4 is 0 Å². The molecule has 1 atom stereocenters. The number of alkyl halides is 3. The van der Waals surface area contributed by atoms with Crippen LogP contribution in [0.1, 0.15) is 17.9 Å². The van der Waals surface area contributed by atoms with E-state index >= 15 is 0 Å². The lowest BCUT2D eigenvalue weighted by atomic mass is 9.94. The van der Waals surface area contributed by atoms with Gasteiger partial charge in [-0.15, -0.1) is 0 Å². The molecule has 0 aliphatic heterocycles. The Kier molecular flexibility index (Phi) is 3.45. The predicted octanol–water partition coefficient (Wildman–Crippen LogP) is 3.44. The molecule has 0 spiro atoms. The van der Waals surface area contributed by atoms with Gasteiger partial charge in [0.1, 0.15) is 5.82 Å². The number of rotatable bonds is 3. The number of benzene rings is 1. The quantitative estimate of drug-likeness (QED) is 0.879. The molecule has 0 fully saturated rings. The van der Waals surface area contributed by atoms with Crippen LogP contribution in [0, 0.1) is 5.82 Å². The van der Waals surface area contributed by atoms with E-state index in [2.05, 4.69) is 0 Å². The smallest absolute Gasteiger partial charge is 0.396 e. The van der Waals surface area contributed by atoms with Gasteiger partial charge in [-0.05, 0) is 23.8 Å². The van der Waals surface area contributed by atoms with Gasteiger partial charge in [0.2, 0.25) is 0 Å². The maximum absolute atomic E-state index is 13.2. The van der Waals surface area contributed by atoms with Crippen molar-refractivity contribution in [2.75, 3.05) is 0 Å². The molecule has 3 nitrogen and oxygen atoms in total. The number of aliphatic carboxylic acids is 1. The van der Waals surface area contributed by atoms with E-state index in [4.69, 9.17) is 5.11 Å². The number of aryl methyl sites for hydroxylation is 1. The van der Waals surface area contributed by atoms with E-state index in [-0.39, 0.29) is 10.9 Å². The summed E-state index contributed by atoms with van der Waals surface area (Å²) in [5, 5.41) is 8.74. The lowest BCUT2D eigenvalue weighted by Gasteiger charge is -2.18. The molecule has 0 aliphatic carbocycles. The van der Waals surface area contributed by atoms with Gasteiger partial charge in [0, 0.05) is 24.1 Å². The Morgan fingerprint density at radius 1 is 1.40 bits per heavy atom. The molecule has 20 heavy (non-hydrogen) atoms. The highest BCUT2D eigenvalue weighted by molar-refractivity contribution is 5.85. The largest absolute Gasteiger partial charge is 0.481 e. The van der Waals surface area contributed by atoms with Crippen molar-refractivity contribution < 1.29 is 27.5 Å². The van der Waals surface area contributed by atoms with Crippen molar-refractivity contribution in [2.45, 2.75) is 18.5 Å². The third-order valence-corrected chi connectivity index (χ3v) is 3.13. The molecule has 1 N–H and O–H groups in total. The van der Waals surface area contributed by atoms with E-state index in [0.717, 1.165) is 12.1 Å². The van der Waals surface area contributed by atoms with Gasteiger partial charge in [-0.3, -0.25) is 4.79 Å². The fourth-order valence-corrected chi connectivity index (χ4v) is 2.25. The number of nitrogens with zero attached hydrogens (tertiary/aromatic N) is 1. The molecule has 2 rings (SSSR count). The number of hydrogen-bond donors (Lipinski definition) is 1. The Morgan fingerprint density at radius 2 is 2.05 bits per heavy atom. The molecule has 0 bridgehead atoms. The SMILES string of the molecule is Cn1cc([C@H](CC(=O)O)C(F)(F)F)c2cc(F)ccc21. The molecule has 0 saturated heterocycles. The van der Waals surface area contributed by atoms with Crippen LogP contribution in [0.15, 0.2) is 24.4 Å². The predicted molar refractivity (Wildman–Crippen MR) is 63.9 cm³/mol. The van der Waals surface area contributed by atoms with Crippen LogP contribution in [-0.2, 0) is 11.8 Å². The van der Waals surface area contributed by atoms with E-state index in [1.807, 2.05) is 0 Å². The van der Waals surface area contributed by atoms with Crippen molar-refractivity contribution in [1.82, 2.24) is 4.57 Å². The zero-order chi connectivity index (χ0) is 15.1. The third kappa shape index (κ3) is 2.61. The zero-order valence-electron chi connectivity index (χ0n) is 10.4. The molecule has 1 aromatic heterocycles. The number of halogens is 4. The van der Waals surface area contributed by atoms with Gasteiger partial charge < -0.3 is 9.67 Å². The molecule has 0 unspecified atom stereocenters. The Balaban J connectivity index is 2.64. The second-order valence-electron chi connectivity index (χ2n) is 4.55. The summed E-state index contributed by atoms with van der Waals surface area (Å²) in [5.74, 6) is -4.38. The summed E-state index contributed by atoms with van der Waals surface area (Å²) in [6.07, 6.45) is -4.59. The van der Waals surface area contributed by atoms with Gasteiger partial charge in [-0.25, -0.2) is 4.39 Å². The molecular weight excluding hydrogens is 278 g/mol. The summed E-state index contributed by atoms with van der Waals surface area (Å²) >= 11 is 0. The number of carboxylic acid groups (broad SMARTS) is 1. The molecule has 1 heterocycles. The lowest BCUT2D eigenvalue weighted by molar-refractivity contribution is -0.163. The highest BCUT2D eigenvalue weighted by Gasteiger charge is 2.43. The Hall–Kier alpha value is -2.05. The first-order valence-corrected chi connectivity index (χ1v) is 5.73. The highest BCUT2D eigenvalue weighted by Crippen LogP contribution is 2.41. The molecule has 7 heteroatoms. The van der Waals surface area contributed by atoms with Crippen molar-refractivity contribution in [3.8, 4) is 0 Å². The lowest BCUT2D eigenvalue weighted by Crippen LogP contribution is -2.23. The summed E-state index contributed by atoms with van der Waals surface area (Å²) < 4.78 is 53.8. The Morgan fingerprint density at radius 3 is 2.60 bits per heavy atom. The first-order valence-electron chi connectivity index (χ1n) is 5.73. The molecule has 2 aromatic rings. The first-order chi connectivity index (χ1) is 9.20. The Labute approximate surface area is 111 Å². The van der Waals surface area contributed by atoms with Crippen LogP contribution >= 0.6 is 0 Å². The standard InChI is InChI=1S/C13H11F4NO2/c1-18-6-9(8-4-7(14)2-3-11(8)18)10(5-12(19)20)13(15,16)17/h2-4,6,10H,5H2,1H3,(H,19,20)/t10-/m0/s1. The fourth-order valence-electron chi connectivity index (χ4n) is 2.25. The normalized spacial score (nSPS) is 13.7. The summed E-state index contributed by atoms with van der Waals surface area (Å²) in [6, 6.07) is 3.50.